The summed E-state index contributed by atoms with van der Waals surface area (Å²) in [7, 11) is 1.18. The van der Waals surface area contributed by atoms with Gasteiger partial charge in [-0.25, -0.2) is 13.6 Å². The number of halogens is 2. The Morgan fingerprint density at radius 1 is 1.37 bits per heavy atom. The lowest BCUT2D eigenvalue weighted by atomic mass is 10.2. The van der Waals surface area contributed by atoms with Gasteiger partial charge in [-0.05, 0) is 30.3 Å². The van der Waals surface area contributed by atoms with Crippen LogP contribution >= 0.6 is 11.8 Å². The third kappa shape index (κ3) is 5.61. The molecule has 1 saturated heterocycles. The molecule has 1 aliphatic heterocycles. The molecule has 0 atom stereocenters. The van der Waals surface area contributed by atoms with Crippen LogP contribution in [0.15, 0.2) is 33.3 Å². The quantitative estimate of drug-likeness (QED) is 0.251. The standard InChI is InChI=1S/C17H17F2N3O4S/c1-3-4-7-26-12-6-5-11(18)10(15(12)19)9-20-22-17-21-16(24)13(27-17)8-14(23)25-2/h5-6,8-9H,3-4,7H2,1-2H3,(H,21,22,24)/b13-8+,20-9?. The van der Waals surface area contributed by atoms with E-state index in [-0.39, 0.29) is 15.8 Å². The first kappa shape index (κ1) is 20.6. The third-order valence-electron chi connectivity index (χ3n) is 3.28. The van der Waals surface area contributed by atoms with Gasteiger partial charge in [-0.3, -0.25) is 10.1 Å². The van der Waals surface area contributed by atoms with Gasteiger partial charge in [0.2, 0.25) is 0 Å². The zero-order valence-corrected chi connectivity index (χ0v) is 15.4. The molecule has 1 aromatic rings. The molecule has 10 heteroatoms. The number of unbranched alkanes of at least 4 members (excludes halogenated alkanes) is 1. The van der Waals surface area contributed by atoms with Gasteiger partial charge >= 0.3 is 5.97 Å². The van der Waals surface area contributed by atoms with Crippen molar-refractivity contribution >= 4 is 35.0 Å². The van der Waals surface area contributed by atoms with E-state index in [0.717, 1.165) is 43.0 Å². The molecule has 0 saturated carbocycles. The van der Waals surface area contributed by atoms with Gasteiger partial charge in [-0.15, -0.1) is 5.10 Å². The molecule has 0 aliphatic carbocycles. The Labute approximate surface area is 158 Å². The van der Waals surface area contributed by atoms with Gasteiger partial charge in [0.1, 0.15) is 5.82 Å². The number of methoxy groups -OCH3 is 1. The molecule has 1 heterocycles. The number of thioether (sulfide) groups is 1. The topological polar surface area (TPSA) is 89.4 Å². The maximum atomic E-state index is 14.3. The predicted molar refractivity (Wildman–Crippen MR) is 97.6 cm³/mol. The molecular weight excluding hydrogens is 380 g/mol. The number of nitrogens with one attached hydrogen (secondary N) is 1. The van der Waals surface area contributed by atoms with E-state index >= 15 is 0 Å². The number of ether oxygens (including phenoxy) is 2. The largest absolute Gasteiger partial charge is 0.490 e. The highest BCUT2D eigenvalue weighted by Gasteiger charge is 2.25. The molecular formula is C17H17F2N3O4S. The fraction of sp³-hybridized carbons (Fsp3) is 0.294. The SMILES string of the molecule is CCCCOc1ccc(F)c(C=N/N=C2/NC(=O)/C(=C\C(=O)OC)S2)c1F. The summed E-state index contributed by atoms with van der Waals surface area (Å²) < 4.78 is 37.9. The normalized spacial score (nSPS) is 17.0. The number of amidine groups is 1. The van der Waals surface area contributed by atoms with E-state index in [4.69, 9.17) is 4.74 Å². The predicted octanol–water partition coefficient (Wildman–Crippen LogP) is 2.75. The molecule has 0 radical (unpaired) electrons. The van der Waals surface area contributed by atoms with E-state index in [1.165, 1.54) is 13.2 Å². The number of amides is 1. The van der Waals surface area contributed by atoms with Crippen LogP contribution in [0.2, 0.25) is 0 Å². The van der Waals surface area contributed by atoms with Crippen LogP contribution in [-0.4, -0.2) is 37.0 Å². The Hall–Kier alpha value is -2.75. The van der Waals surface area contributed by atoms with E-state index in [0.29, 0.717) is 6.61 Å². The average molecular weight is 397 g/mol. The number of benzene rings is 1. The maximum Gasteiger partial charge on any atom is 0.331 e. The summed E-state index contributed by atoms with van der Waals surface area (Å²) in [4.78, 5) is 22.9. The second-order valence-electron chi connectivity index (χ2n) is 5.21. The highest BCUT2D eigenvalue weighted by molar-refractivity contribution is 8.18. The number of carbonyl (C=O) groups is 2. The zero-order chi connectivity index (χ0) is 19.8. The smallest absolute Gasteiger partial charge is 0.331 e. The zero-order valence-electron chi connectivity index (χ0n) is 14.6. The first-order valence-corrected chi connectivity index (χ1v) is 8.78. The minimum absolute atomic E-state index is 0.0579. The lowest BCUT2D eigenvalue weighted by molar-refractivity contribution is -0.135. The number of carbonyl (C=O) groups excluding carboxylic acids is 2. The number of hydrogen-bond acceptors (Lipinski definition) is 7. The molecule has 1 aromatic carbocycles. The van der Waals surface area contributed by atoms with Crippen molar-refractivity contribution in [3.05, 3.63) is 40.3 Å². The molecule has 0 unspecified atom stereocenters. The van der Waals surface area contributed by atoms with E-state index in [1.807, 2.05) is 6.92 Å². The second kappa shape index (κ2) is 9.81. The Kier molecular flexibility index (Phi) is 7.47. The molecule has 0 aromatic heterocycles. The Morgan fingerprint density at radius 3 is 2.85 bits per heavy atom. The van der Waals surface area contributed by atoms with Crippen LogP contribution in [0.3, 0.4) is 0 Å². The van der Waals surface area contributed by atoms with Crippen LogP contribution in [0, 0.1) is 11.6 Å². The summed E-state index contributed by atoms with van der Waals surface area (Å²) in [5.74, 6) is -3.03. The molecule has 1 amide bonds. The van der Waals surface area contributed by atoms with Crippen molar-refractivity contribution in [3.63, 3.8) is 0 Å². The van der Waals surface area contributed by atoms with Gasteiger partial charge in [-0.2, -0.15) is 5.10 Å². The first-order chi connectivity index (χ1) is 13.0. The van der Waals surface area contributed by atoms with Gasteiger partial charge < -0.3 is 9.47 Å². The minimum atomic E-state index is -0.885. The lowest BCUT2D eigenvalue weighted by Gasteiger charge is -2.08. The van der Waals surface area contributed by atoms with Gasteiger partial charge in [0.05, 0.1) is 30.4 Å². The molecule has 7 nitrogen and oxygen atoms in total. The van der Waals surface area contributed by atoms with Crippen molar-refractivity contribution in [3.8, 4) is 5.75 Å². The number of nitrogens with zero attached hydrogens (tertiary/aromatic N) is 2. The van der Waals surface area contributed by atoms with Gasteiger partial charge in [0, 0.05) is 6.08 Å². The van der Waals surface area contributed by atoms with Crippen LogP contribution < -0.4 is 10.1 Å². The molecule has 1 aliphatic rings. The van der Waals surface area contributed by atoms with Crippen LogP contribution in [0.25, 0.3) is 0 Å². The lowest BCUT2D eigenvalue weighted by Crippen LogP contribution is -2.19. The Balaban J connectivity index is 2.13. The van der Waals surface area contributed by atoms with E-state index in [1.54, 1.807) is 0 Å². The van der Waals surface area contributed by atoms with Crippen molar-refractivity contribution in [2.24, 2.45) is 10.2 Å². The maximum absolute atomic E-state index is 14.3. The summed E-state index contributed by atoms with van der Waals surface area (Å²) in [6, 6.07) is 2.28. The highest BCUT2D eigenvalue weighted by atomic mass is 32.2. The Morgan fingerprint density at radius 2 is 2.15 bits per heavy atom. The summed E-state index contributed by atoms with van der Waals surface area (Å²) in [6.45, 7) is 2.28. The summed E-state index contributed by atoms with van der Waals surface area (Å²) in [5, 5.41) is 9.71. The van der Waals surface area contributed by atoms with Crippen molar-refractivity contribution in [1.82, 2.24) is 5.32 Å². The molecule has 1 N–H and O–H groups in total. The number of hydrogen-bond donors (Lipinski definition) is 1. The van der Waals surface area contributed by atoms with Crippen LogP contribution in [0.1, 0.15) is 25.3 Å². The number of rotatable bonds is 7. The van der Waals surface area contributed by atoms with Gasteiger partial charge in [0.15, 0.2) is 16.7 Å². The molecule has 144 valence electrons. The monoisotopic (exact) mass is 397 g/mol. The average Bonchev–Trinajstić information content (AvgIpc) is 2.99. The van der Waals surface area contributed by atoms with Crippen molar-refractivity contribution in [1.29, 1.82) is 0 Å². The fourth-order valence-corrected chi connectivity index (χ4v) is 2.62. The van der Waals surface area contributed by atoms with E-state index in [2.05, 4.69) is 20.3 Å². The summed E-state index contributed by atoms with van der Waals surface area (Å²) >= 11 is 0.846. The van der Waals surface area contributed by atoms with Crippen molar-refractivity contribution < 1.29 is 27.8 Å². The fourth-order valence-electron chi connectivity index (χ4n) is 1.89. The van der Waals surface area contributed by atoms with E-state index < -0.39 is 29.1 Å². The number of esters is 1. The Bertz CT molecular complexity index is 825. The molecule has 1 fully saturated rings. The highest BCUT2D eigenvalue weighted by Crippen LogP contribution is 2.24. The van der Waals surface area contributed by atoms with Crippen LogP contribution in [0.5, 0.6) is 5.75 Å². The molecule has 0 spiro atoms. The van der Waals surface area contributed by atoms with Gasteiger partial charge in [-0.1, -0.05) is 13.3 Å². The molecule has 27 heavy (non-hydrogen) atoms. The van der Waals surface area contributed by atoms with Gasteiger partial charge in [0.25, 0.3) is 5.91 Å². The third-order valence-corrected chi connectivity index (χ3v) is 4.18. The van der Waals surface area contributed by atoms with Crippen molar-refractivity contribution in [2.75, 3.05) is 13.7 Å². The van der Waals surface area contributed by atoms with Crippen LogP contribution in [0.4, 0.5) is 8.78 Å². The second-order valence-corrected chi connectivity index (χ2v) is 6.24. The van der Waals surface area contributed by atoms with Crippen LogP contribution in [-0.2, 0) is 14.3 Å². The summed E-state index contributed by atoms with van der Waals surface area (Å²) in [6.07, 6.45) is 3.51. The molecule has 2 rings (SSSR count). The molecule has 0 bridgehead atoms. The first-order valence-electron chi connectivity index (χ1n) is 7.97. The van der Waals surface area contributed by atoms with E-state index in [9.17, 15) is 18.4 Å². The minimum Gasteiger partial charge on any atom is -0.490 e. The van der Waals surface area contributed by atoms with Crippen molar-refractivity contribution in [2.45, 2.75) is 19.8 Å². The summed E-state index contributed by atoms with van der Waals surface area (Å²) in [5.41, 5.74) is -0.409.